The number of benzene rings is 1. The van der Waals surface area contributed by atoms with E-state index in [-0.39, 0.29) is 0 Å². The van der Waals surface area contributed by atoms with Crippen LogP contribution in [0, 0.1) is 0 Å². The molecule has 4 nitrogen and oxygen atoms in total. The predicted molar refractivity (Wildman–Crippen MR) is 108 cm³/mol. The van der Waals surface area contributed by atoms with Crippen LogP contribution in [-0.4, -0.2) is 55.4 Å². The number of hydrogen-bond donors (Lipinski definition) is 2. The van der Waals surface area contributed by atoms with Crippen LogP contribution in [0.15, 0.2) is 18.2 Å². The lowest BCUT2D eigenvalue weighted by Gasteiger charge is -2.38. The van der Waals surface area contributed by atoms with Gasteiger partial charge in [0, 0.05) is 24.0 Å². The molecule has 2 N–H and O–H groups in total. The SMILES string of the molecule is S=C(Nc1cc(Cl)ccc1Cl)N1CCCC[C@H]1CC[NH+]1CCOCC1. The topological polar surface area (TPSA) is 28.9 Å². The summed E-state index contributed by atoms with van der Waals surface area (Å²) in [4.78, 5) is 3.99. The second-order valence-corrected chi connectivity index (χ2v) is 8.03. The van der Waals surface area contributed by atoms with Crippen LogP contribution in [0.5, 0.6) is 0 Å². The van der Waals surface area contributed by atoms with Crippen molar-refractivity contribution in [3.63, 3.8) is 0 Å². The van der Waals surface area contributed by atoms with E-state index in [2.05, 4.69) is 10.2 Å². The van der Waals surface area contributed by atoms with Gasteiger partial charge < -0.3 is 19.9 Å². The number of morpholine rings is 1. The summed E-state index contributed by atoms with van der Waals surface area (Å²) in [6, 6.07) is 5.91. The van der Waals surface area contributed by atoms with Crippen molar-refractivity contribution in [1.82, 2.24) is 4.90 Å². The molecule has 2 fully saturated rings. The molecule has 25 heavy (non-hydrogen) atoms. The Kier molecular flexibility index (Phi) is 7.19. The third kappa shape index (κ3) is 5.44. The zero-order valence-electron chi connectivity index (χ0n) is 14.4. The van der Waals surface area contributed by atoms with Crippen molar-refractivity contribution in [1.29, 1.82) is 0 Å². The number of likely N-dealkylation sites (tertiary alicyclic amines) is 1. The van der Waals surface area contributed by atoms with E-state index in [0.717, 1.165) is 43.6 Å². The summed E-state index contributed by atoms with van der Waals surface area (Å²) in [5.74, 6) is 0. The minimum absolute atomic E-state index is 0.502. The zero-order valence-corrected chi connectivity index (χ0v) is 16.7. The number of rotatable bonds is 4. The maximum Gasteiger partial charge on any atom is 0.173 e. The van der Waals surface area contributed by atoms with E-state index < -0.39 is 0 Å². The van der Waals surface area contributed by atoms with Gasteiger partial charge in [0.05, 0.1) is 30.5 Å². The van der Waals surface area contributed by atoms with Crippen molar-refractivity contribution in [3.8, 4) is 0 Å². The first kappa shape index (κ1) is 19.2. The van der Waals surface area contributed by atoms with E-state index >= 15 is 0 Å². The number of nitrogens with zero attached hydrogens (tertiary/aromatic N) is 1. The van der Waals surface area contributed by atoms with Crippen LogP contribution in [0.2, 0.25) is 10.0 Å². The van der Waals surface area contributed by atoms with Gasteiger partial charge in [-0.25, -0.2) is 0 Å². The fourth-order valence-corrected chi connectivity index (χ4v) is 4.32. The first-order valence-electron chi connectivity index (χ1n) is 9.07. The highest BCUT2D eigenvalue weighted by Crippen LogP contribution is 2.27. The highest BCUT2D eigenvalue weighted by Gasteiger charge is 2.26. The van der Waals surface area contributed by atoms with Crippen molar-refractivity contribution in [2.24, 2.45) is 0 Å². The molecule has 7 heteroatoms. The fraction of sp³-hybridized carbons (Fsp3) is 0.611. The molecule has 3 rings (SSSR count). The highest BCUT2D eigenvalue weighted by atomic mass is 35.5. The summed E-state index contributed by atoms with van der Waals surface area (Å²) in [6.45, 7) is 6.20. The van der Waals surface area contributed by atoms with Crippen molar-refractivity contribution >= 4 is 46.2 Å². The lowest BCUT2D eigenvalue weighted by molar-refractivity contribution is -0.908. The molecule has 2 saturated heterocycles. The molecule has 0 unspecified atom stereocenters. The van der Waals surface area contributed by atoms with Gasteiger partial charge in [-0.2, -0.15) is 0 Å². The van der Waals surface area contributed by atoms with Crippen molar-refractivity contribution in [3.05, 3.63) is 28.2 Å². The molecular formula is C18H26Cl2N3OS+. The van der Waals surface area contributed by atoms with E-state index in [0.29, 0.717) is 16.1 Å². The van der Waals surface area contributed by atoms with Crippen LogP contribution in [0.4, 0.5) is 5.69 Å². The number of nitrogens with one attached hydrogen (secondary N) is 2. The van der Waals surface area contributed by atoms with Gasteiger partial charge in [-0.3, -0.25) is 0 Å². The highest BCUT2D eigenvalue weighted by molar-refractivity contribution is 7.80. The molecule has 0 aromatic heterocycles. The lowest BCUT2D eigenvalue weighted by Crippen LogP contribution is -3.14. The first-order valence-corrected chi connectivity index (χ1v) is 10.2. The van der Waals surface area contributed by atoms with Gasteiger partial charge in [0.25, 0.3) is 0 Å². The minimum atomic E-state index is 0.502. The van der Waals surface area contributed by atoms with Crippen LogP contribution in [0.3, 0.4) is 0 Å². The molecule has 2 aliphatic rings. The normalized spacial score (nSPS) is 22.0. The van der Waals surface area contributed by atoms with Crippen LogP contribution in [0.25, 0.3) is 0 Å². The van der Waals surface area contributed by atoms with E-state index in [4.69, 9.17) is 40.2 Å². The van der Waals surface area contributed by atoms with Gasteiger partial charge in [-0.1, -0.05) is 23.2 Å². The molecule has 0 saturated carbocycles. The van der Waals surface area contributed by atoms with Crippen LogP contribution in [-0.2, 0) is 4.74 Å². The van der Waals surface area contributed by atoms with E-state index in [1.807, 2.05) is 6.07 Å². The van der Waals surface area contributed by atoms with Gasteiger partial charge in [-0.15, -0.1) is 0 Å². The lowest BCUT2D eigenvalue weighted by atomic mass is 9.99. The van der Waals surface area contributed by atoms with Gasteiger partial charge in [0.1, 0.15) is 13.1 Å². The standard InChI is InChI=1S/C18H25Cl2N3OS/c19-14-4-5-16(20)17(13-14)21-18(25)23-7-2-1-3-15(23)6-8-22-9-11-24-12-10-22/h4-5,13,15H,1-3,6-12H2,(H,21,25)/p+1/t15-/m0/s1. The summed E-state index contributed by atoms with van der Waals surface area (Å²) in [6.07, 6.45) is 4.83. The molecule has 2 aliphatic heterocycles. The summed E-state index contributed by atoms with van der Waals surface area (Å²) in [7, 11) is 0. The average Bonchev–Trinajstić information content (AvgIpc) is 2.64. The third-order valence-corrected chi connectivity index (χ3v) is 5.99. The number of hydrogen-bond acceptors (Lipinski definition) is 2. The van der Waals surface area contributed by atoms with Crippen molar-refractivity contribution in [2.45, 2.75) is 31.7 Å². The predicted octanol–water partition coefficient (Wildman–Crippen LogP) is 2.85. The fourth-order valence-electron chi connectivity index (χ4n) is 3.63. The average molecular weight is 403 g/mol. The van der Waals surface area contributed by atoms with E-state index in [1.165, 1.54) is 32.2 Å². The summed E-state index contributed by atoms with van der Waals surface area (Å²) in [5.41, 5.74) is 0.780. The van der Waals surface area contributed by atoms with Gasteiger partial charge >= 0.3 is 0 Å². The number of ether oxygens (including phenoxy) is 1. The largest absolute Gasteiger partial charge is 0.370 e. The molecule has 0 aliphatic carbocycles. The minimum Gasteiger partial charge on any atom is -0.370 e. The molecule has 1 aromatic rings. The van der Waals surface area contributed by atoms with Crippen LogP contribution >= 0.6 is 35.4 Å². The molecule has 2 heterocycles. The Morgan fingerprint density at radius 3 is 2.88 bits per heavy atom. The Morgan fingerprint density at radius 1 is 1.28 bits per heavy atom. The van der Waals surface area contributed by atoms with E-state index in [1.54, 1.807) is 17.0 Å². The number of thiocarbonyl (C=S) groups is 1. The molecule has 0 amide bonds. The Hall–Kier alpha value is -0.590. The number of anilines is 1. The van der Waals surface area contributed by atoms with E-state index in [9.17, 15) is 0 Å². The van der Waals surface area contributed by atoms with Crippen molar-refractivity contribution < 1.29 is 9.64 Å². The van der Waals surface area contributed by atoms with Crippen molar-refractivity contribution in [2.75, 3.05) is 44.7 Å². The molecule has 0 bridgehead atoms. The van der Waals surface area contributed by atoms with Gasteiger partial charge in [0.2, 0.25) is 0 Å². The Balaban J connectivity index is 1.59. The summed E-state index contributed by atoms with van der Waals surface area (Å²) < 4.78 is 5.45. The van der Waals surface area contributed by atoms with Crippen LogP contribution < -0.4 is 10.2 Å². The zero-order chi connectivity index (χ0) is 17.6. The molecule has 138 valence electrons. The summed E-state index contributed by atoms with van der Waals surface area (Å²) >= 11 is 18.0. The third-order valence-electron chi connectivity index (χ3n) is 5.09. The monoisotopic (exact) mass is 402 g/mol. The first-order chi connectivity index (χ1) is 12.1. The number of halogens is 2. The molecular weight excluding hydrogens is 377 g/mol. The molecule has 0 radical (unpaired) electrons. The van der Waals surface area contributed by atoms with Crippen LogP contribution in [0.1, 0.15) is 25.7 Å². The van der Waals surface area contributed by atoms with Gasteiger partial charge in [0.15, 0.2) is 5.11 Å². The smallest absolute Gasteiger partial charge is 0.173 e. The number of piperidine rings is 1. The Bertz CT molecular complexity index is 596. The van der Waals surface area contributed by atoms with Gasteiger partial charge in [-0.05, 0) is 49.7 Å². The summed E-state index contributed by atoms with van der Waals surface area (Å²) in [5, 5.41) is 5.35. The second-order valence-electron chi connectivity index (χ2n) is 6.80. The maximum atomic E-state index is 6.26. The Morgan fingerprint density at radius 2 is 2.08 bits per heavy atom. The maximum absolute atomic E-state index is 6.26. The Labute approximate surface area is 165 Å². The molecule has 1 atom stereocenters. The second kappa shape index (κ2) is 9.38. The molecule has 1 aromatic carbocycles. The quantitative estimate of drug-likeness (QED) is 0.757. The molecule has 0 spiro atoms. The number of quaternary nitrogens is 1.